The fraction of sp³-hybridized carbons (Fsp3) is 0.375. The molecule has 0 aliphatic rings. The molecule has 1 atom stereocenters. The van der Waals surface area contributed by atoms with E-state index in [0.717, 1.165) is 10.3 Å². The molecule has 3 N–H and O–H groups in total. The summed E-state index contributed by atoms with van der Waals surface area (Å²) in [6, 6.07) is 5.40. The maximum Gasteiger partial charge on any atom is 0.106 e. The van der Waals surface area contributed by atoms with Gasteiger partial charge in [-0.15, -0.1) is 0 Å². The molecule has 0 bridgehead atoms. The molecular weight excluding hydrogens is 220 g/mol. The number of aliphatic hydroxyl groups excluding tert-OH is 1. The molecular formula is C8H11BrN2O. The summed E-state index contributed by atoms with van der Waals surface area (Å²) >= 11 is 3.25. The summed E-state index contributed by atoms with van der Waals surface area (Å²) in [7, 11) is 0. The molecule has 1 aromatic rings. The Balaban J connectivity index is 2.73. The molecule has 0 aromatic carbocycles. The van der Waals surface area contributed by atoms with Crippen molar-refractivity contribution in [2.45, 2.75) is 12.5 Å². The van der Waals surface area contributed by atoms with Gasteiger partial charge < -0.3 is 10.8 Å². The smallest absolute Gasteiger partial charge is 0.106 e. The maximum atomic E-state index is 8.65. The number of hydrogen-bond acceptors (Lipinski definition) is 3. The van der Waals surface area contributed by atoms with E-state index in [2.05, 4.69) is 20.9 Å². The SMILES string of the molecule is N[C@@H](CCO)c1cccc(Br)n1. The number of nitrogens with two attached hydrogens (primary N) is 1. The highest BCUT2D eigenvalue weighted by atomic mass is 79.9. The lowest BCUT2D eigenvalue weighted by atomic mass is 10.1. The summed E-state index contributed by atoms with van der Waals surface area (Å²) in [4.78, 5) is 4.17. The Morgan fingerprint density at radius 2 is 2.33 bits per heavy atom. The molecule has 0 amide bonds. The van der Waals surface area contributed by atoms with Gasteiger partial charge in [0, 0.05) is 12.6 Å². The van der Waals surface area contributed by atoms with Crippen molar-refractivity contribution in [1.82, 2.24) is 4.98 Å². The van der Waals surface area contributed by atoms with E-state index >= 15 is 0 Å². The van der Waals surface area contributed by atoms with Crippen LogP contribution in [-0.2, 0) is 0 Å². The molecule has 66 valence electrons. The molecule has 0 spiro atoms. The van der Waals surface area contributed by atoms with Crippen molar-refractivity contribution in [3.05, 3.63) is 28.5 Å². The van der Waals surface area contributed by atoms with Gasteiger partial charge in [0.05, 0.1) is 5.69 Å². The highest BCUT2D eigenvalue weighted by Crippen LogP contribution is 2.13. The van der Waals surface area contributed by atoms with Crippen LogP contribution in [0.1, 0.15) is 18.2 Å². The van der Waals surface area contributed by atoms with Crippen LogP contribution in [0.25, 0.3) is 0 Å². The van der Waals surface area contributed by atoms with Gasteiger partial charge in [-0.2, -0.15) is 0 Å². The zero-order valence-electron chi connectivity index (χ0n) is 6.57. The lowest BCUT2D eigenvalue weighted by Crippen LogP contribution is -2.13. The number of halogens is 1. The highest BCUT2D eigenvalue weighted by molar-refractivity contribution is 9.10. The van der Waals surface area contributed by atoms with Crippen LogP contribution in [-0.4, -0.2) is 16.7 Å². The summed E-state index contributed by atoms with van der Waals surface area (Å²) in [5, 5.41) is 8.65. The van der Waals surface area contributed by atoms with Crippen LogP contribution < -0.4 is 5.73 Å². The minimum Gasteiger partial charge on any atom is -0.396 e. The summed E-state index contributed by atoms with van der Waals surface area (Å²) in [5.74, 6) is 0. The first-order valence-electron chi connectivity index (χ1n) is 3.73. The third-order valence-corrected chi connectivity index (χ3v) is 2.00. The average molecular weight is 231 g/mol. The standard InChI is InChI=1S/C8H11BrN2O/c9-8-3-1-2-7(11-8)6(10)4-5-12/h1-3,6,12H,4-5,10H2/t6-/m0/s1. The second-order valence-electron chi connectivity index (χ2n) is 2.50. The third kappa shape index (κ3) is 2.55. The van der Waals surface area contributed by atoms with Crippen molar-refractivity contribution in [1.29, 1.82) is 0 Å². The minimum absolute atomic E-state index is 0.0926. The van der Waals surface area contributed by atoms with Gasteiger partial charge in [0.1, 0.15) is 4.60 Å². The molecule has 0 saturated heterocycles. The van der Waals surface area contributed by atoms with Crippen LogP contribution in [0.5, 0.6) is 0 Å². The number of aliphatic hydroxyl groups is 1. The number of pyridine rings is 1. The topological polar surface area (TPSA) is 59.1 Å². The van der Waals surface area contributed by atoms with Crippen molar-refractivity contribution in [2.75, 3.05) is 6.61 Å². The maximum absolute atomic E-state index is 8.65. The molecule has 4 heteroatoms. The van der Waals surface area contributed by atoms with E-state index in [4.69, 9.17) is 10.8 Å². The monoisotopic (exact) mass is 230 g/mol. The van der Waals surface area contributed by atoms with Crippen LogP contribution >= 0.6 is 15.9 Å². The van der Waals surface area contributed by atoms with Crippen LogP contribution in [0.2, 0.25) is 0 Å². The summed E-state index contributed by atoms with van der Waals surface area (Å²) in [6.45, 7) is 0.0926. The van der Waals surface area contributed by atoms with Crippen molar-refractivity contribution < 1.29 is 5.11 Å². The van der Waals surface area contributed by atoms with Gasteiger partial charge in [-0.1, -0.05) is 6.07 Å². The zero-order chi connectivity index (χ0) is 8.97. The van der Waals surface area contributed by atoms with Crippen LogP contribution in [0.3, 0.4) is 0 Å². The summed E-state index contributed by atoms with van der Waals surface area (Å²) in [5.41, 5.74) is 6.54. The first-order chi connectivity index (χ1) is 5.74. The summed E-state index contributed by atoms with van der Waals surface area (Å²) < 4.78 is 0.772. The van der Waals surface area contributed by atoms with Crippen molar-refractivity contribution in [3.63, 3.8) is 0 Å². The molecule has 0 saturated carbocycles. The zero-order valence-corrected chi connectivity index (χ0v) is 8.16. The quantitative estimate of drug-likeness (QED) is 0.769. The van der Waals surface area contributed by atoms with Gasteiger partial charge in [-0.05, 0) is 34.5 Å². The number of aromatic nitrogens is 1. The lowest BCUT2D eigenvalue weighted by Gasteiger charge is -2.08. The van der Waals surface area contributed by atoms with Gasteiger partial charge in [0.2, 0.25) is 0 Å². The second-order valence-corrected chi connectivity index (χ2v) is 3.32. The Bertz CT molecular complexity index is 255. The normalized spacial score (nSPS) is 12.9. The Kier molecular flexibility index (Phi) is 3.65. The Morgan fingerprint density at radius 1 is 1.58 bits per heavy atom. The highest BCUT2D eigenvalue weighted by Gasteiger charge is 2.05. The number of nitrogens with zero attached hydrogens (tertiary/aromatic N) is 1. The number of hydrogen-bond donors (Lipinski definition) is 2. The Morgan fingerprint density at radius 3 is 2.92 bits per heavy atom. The molecule has 1 heterocycles. The van der Waals surface area contributed by atoms with Gasteiger partial charge in [-0.3, -0.25) is 0 Å². The Hall–Kier alpha value is -0.450. The van der Waals surface area contributed by atoms with E-state index in [0.29, 0.717) is 6.42 Å². The van der Waals surface area contributed by atoms with E-state index in [1.807, 2.05) is 18.2 Å². The van der Waals surface area contributed by atoms with Crippen LogP contribution in [0, 0.1) is 0 Å². The molecule has 1 aromatic heterocycles. The Labute approximate surface area is 79.7 Å². The van der Waals surface area contributed by atoms with E-state index in [1.165, 1.54) is 0 Å². The third-order valence-electron chi connectivity index (χ3n) is 1.56. The summed E-state index contributed by atoms with van der Waals surface area (Å²) in [6.07, 6.45) is 0.545. The number of rotatable bonds is 3. The second kappa shape index (κ2) is 4.54. The molecule has 3 nitrogen and oxygen atoms in total. The van der Waals surface area contributed by atoms with Crippen LogP contribution in [0.15, 0.2) is 22.8 Å². The predicted molar refractivity (Wildman–Crippen MR) is 50.6 cm³/mol. The minimum atomic E-state index is -0.174. The van der Waals surface area contributed by atoms with Crippen LogP contribution in [0.4, 0.5) is 0 Å². The first-order valence-corrected chi connectivity index (χ1v) is 4.52. The van der Waals surface area contributed by atoms with Gasteiger partial charge in [-0.25, -0.2) is 4.98 Å². The van der Waals surface area contributed by atoms with E-state index in [9.17, 15) is 0 Å². The molecule has 0 radical (unpaired) electrons. The molecule has 0 aliphatic carbocycles. The average Bonchev–Trinajstić information content (AvgIpc) is 2.05. The largest absolute Gasteiger partial charge is 0.396 e. The van der Waals surface area contributed by atoms with E-state index < -0.39 is 0 Å². The van der Waals surface area contributed by atoms with E-state index in [1.54, 1.807) is 0 Å². The van der Waals surface area contributed by atoms with Gasteiger partial charge >= 0.3 is 0 Å². The fourth-order valence-corrected chi connectivity index (χ4v) is 1.27. The fourth-order valence-electron chi connectivity index (χ4n) is 0.917. The molecule has 0 fully saturated rings. The molecule has 0 unspecified atom stereocenters. The molecule has 12 heavy (non-hydrogen) atoms. The predicted octanol–water partition coefficient (Wildman–Crippen LogP) is 1.23. The first kappa shape index (κ1) is 9.64. The van der Waals surface area contributed by atoms with Crippen molar-refractivity contribution in [2.24, 2.45) is 5.73 Å². The van der Waals surface area contributed by atoms with Crippen molar-refractivity contribution in [3.8, 4) is 0 Å². The van der Waals surface area contributed by atoms with Gasteiger partial charge in [0.25, 0.3) is 0 Å². The lowest BCUT2D eigenvalue weighted by molar-refractivity contribution is 0.275. The molecule has 1 rings (SSSR count). The van der Waals surface area contributed by atoms with E-state index in [-0.39, 0.29) is 12.6 Å². The van der Waals surface area contributed by atoms with Gasteiger partial charge in [0.15, 0.2) is 0 Å². The molecule has 0 aliphatic heterocycles. The van der Waals surface area contributed by atoms with Crippen molar-refractivity contribution >= 4 is 15.9 Å².